The number of ketones is 1. The molecule has 1 fully saturated rings. The van der Waals surface area contributed by atoms with Crippen LogP contribution in [0.1, 0.15) is 66.1 Å². The number of rotatable bonds is 4. The van der Waals surface area contributed by atoms with E-state index >= 15 is 0 Å². The van der Waals surface area contributed by atoms with Gasteiger partial charge >= 0.3 is 5.97 Å². The van der Waals surface area contributed by atoms with Gasteiger partial charge in [0.2, 0.25) is 0 Å². The normalized spacial score (nSPS) is 28.2. The van der Waals surface area contributed by atoms with Crippen LogP contribution in [-0.2, 0) is 27.8 Å². The average Bonchev–Trinajstić information content (AvgIpc) is 2.86. The van der Waals surface area contributed by atoms with E-state index in [9.17, 15) is 14.7 Å². The molecular weight excluding hydrogens is 376 g/mol. The van der Waals surface area contributed by atoms with Crippen LogP contribution in [0.5, 0.6) is 0 Å². The fourth-order valence-electron chi connectivity index (χ4n) is 5.68. The third-order valence-electron chi connectivity index (χ3n) is 7.39. The summed E-state index contributed by atoms with van der Waals surface area (Å²) in [4.78, 5) is 25.1. The Morgan fingerprint density at radius 3 is 2.63 bits per heavy atom. The number of methoxy groups -OCH3 is 1. The Morgan fingerprint density at radius 2 is 1.93 bits per heavy atom. The SMILES string of the molecule is CCC1(O)CCC2(Cc3ccccc3)c3ccc(C(=O)OC)cc3CC(=O)CC2C1. The van der Waals surface area contributed by atoms with Gasteiger partial charge in [0.1, 0.15) is 5.78 Å². The maximum atomic E-state index is 12.9. The number of ether oxygens (including phenoxy) is 1. The van der Waals surface area contributed by atoms with Crippen molar-refractivity contribution in [3.63, 3.8) is 0 Å². The Hall–Kier alpha value is -2.46. The highest BCUT2D eigenvalue weighted by Gasteiger charge is 2.51. The van der Waals surface area contributed by atoms with Gasteiger partial charge in [-0.25, -0.2) is 4.79 Å². The van der Waals surface area contributed by atoms with Gasteiger partial charge in [-0.2, -0.15) is 0 Å². The van der Waals surface area contributed by atoms with Crippen molar-refractivity contribution < 1.29 is 19.4 Å². The number of aliphatic hydroxyl groups is 1. The highest BCUT2D eigenvalue weighted by molar-refractivity contribution is 5.90. The summed E-state index contributed by atoms with van der Waals surface area (Å²) in [5, 5.41) is 11.1. The molecule has 0 amide bonds. The zero-order chi connectivity index (χ0) is 21.4. The number of Topliss-reactive ketones (excluding diaryl/α,β-unsaturated/α-hetero) is 1. The smallest absolute Gasteiger partial charge is 0.337 e. The zero-order valence-electron chi connectivity index (χ0n) is 17.8. The molecule has 2 aromatic carbocycles. The van der Waals surface area contributed by atoms with Crippen molar-refractivity contribution in [2.75, 3.05) is 7.11 Å². The van der Waals surface area contributed by atoms with E-state index in [2.05, 4.69) is 24.3 Å². The Bertz CT molecular complexity index is 951. The van der Waals surface area contributed by atoms with Crippen molar-refractivity contribution >= 4 is 11.8 Å². The van der Waals surface area contributed by atoms with Gasteiger partial charge in [0.15, 0.2) is 0 Å². The molecule has 0 saturated heterocycles. The molecular formula is C26H30O4. The third kappa shape index (κ3) is 3.69. The molecule has 0 radical (unpaired) electrons. The number of benzene rings is 2. The van der Waals surface area contributed by atoms with E-state index in [4.69, 9.17) is 4.74 Å². The second kappa shape index (κ2) is 7.99. The molecule has 4 nitrogen and oxygen atoms in total. The van der Waals surface area contributed by atoms with Crippen LogP contribution in [0.4, 0.5) is 0 Å². The molecule has 4 rings (SSSR count). The molecule has 1 N–H and O–H groups in total. The molecule has 4 heteroatoms. The summed E-state index contributed by atoms with van der Waals surface area (Å²) in [5.41, 5.74) is 2.89. The summed E-state index contributed by atoms with van der Waals surface area (Å²) in [5.74, 6) is -0.125. The first-order valence-electron chi connectivity index (χ1n) is 10.9. The number of hydrogen-bond acceptors (Lipinski definition) is 4. The van der Waals surface area contributed by atoms with E-state index in [-0.39, 0.29) is 23.1 Å². The largest absolute Gasteiger partial charge is 0.465 e. The fraction of sp³-hybridized carbons (Fsp3) is 0.462. The zero-order valence-corrected chi connectivity index (χ0v) is 17.8. The van der Waals surface area contributed by atoms with Crippen LogP contribution < -0.4 is 0 Å². The molecule has 3 unspecified atom stereocenters. The molecule has 30 heavy (non-hydrogen) atoms. The van der Waals surface area contributed by atoms with Crippen LogP contribution in [0.15, 0.2) is 48.5 Å². The van der Waals surface area contributed by atoms with Crippen molar-refractivity contribution in [2.45, 2.75) is 62.9 Å². The summed E-state index contributed by atoms with van der Waals surface area (Å²) in [6, 6.07) is 16.1. The summed E-state index contributed by atoms with van der Waals surface area (Å²) >= 11 is 0. The number of fused-ring (bicyclic) bond motifs is 3. The van der Waals surface area contributed by atoms with E-state index in [1.54, 1.807) is 0 Å². The van der Waals surface area contributed by atoms with Crippen LogP contribution in [-0.4, -0.2) is 29.6 Å². The number of carbonyl (C=O) groups excluding carboxylic acids is 2. The predicted molar refractivity (Wildman–Crippen MR) is 116 cm³/mol. The molecule has 0 aromatic heterocycles. The lowest BCUT2D eigenvalue weighted by Gasteiger charge is -2.50. The Kier molecular flexibility index (Phi) is 5.54. The number of carbonyl (C=O) groups is 2. The van der Waals surface area contributed by atoms with Crippen LogP contribution in [0.2, 0.25) is 0 Å². The molecule has 0 aliphatic heterocycles. The standard InChI is InChI=1S/C26H30O4/c1-3-25(29)11-12-26(16-18-7-5-4-6-8-18)21(17-25)15-22(27)14-20-13-19(24(28)30-2)9-10-23(20)26/h4-10,13,21,29H,3,11-12,14-17H2,1-2H3. The molecule has 0 heterocycles. The van der Waals surface area contributed by atoms with E-state index in [0.29, 0.717) is 31.2 Å². The maximum absolute atomic E-state index is 12.9. The first-order valence-corrected chi connectivity index (χ1v) is 10.9. The van der Waals surface area contributed by atoms with Crippen LogP contribution >= 0.6 is 0 Å². The van der Waals surface area contributed by atoms with Crippen molar-refractivity contribution in [3.8, 4) is 0 Å². The molecule has 2 aliphatic rings. The second-order valence-corrected chi connectivity index (χ2v) is 9.08. The maximum Gasteiger partial charge on any atom is 0.337 e. The lowest BCUT2D eigenvalue weighted by molar-refractivity contribution is -0.121. The van der Waals surface area contributed by atoms with Crippen molar-refractivity contribution in [1.29, 1.82) is 0 Å². The van der Waals surface area contributed by atoms with Gasteiger partial charge in [-0.05, 0) is 66.8 Å². The van der Waals surface area contributed by atoms with Gasteiger partial charge in [0.05, 0.1) is 18.3 Å². The van der Waals surface area contributed by atoms with Gasteiger partial charge in [0, 0.05) is 18.3 Å². The third-order valence-corrected chi connectivity index (χ3v) is 7.39. The monoisotopic (exact) mass is 406 g/mol. The lowest BCUT2D eigenvalue weighted by atomic mass is 9.55. The molecule has 2 aliphatic carbocycles. The molecule has 3 atom stereocenters. The van der Waals surface area contributed by atoms with Crippen LogP contribution in [0.25, 0.3) is 0 Å². The van der Waals surface area contributed by atoms with Crippen molar-refractivity contribution in [2.24, 2.45) is 5.92 Å². The Morgan fingerprint density at radius 1 is 1.17 bits per heavy atom. The minimum absolute atomic E-state index is 0.0779. The summed E-state index contributed by atoms with van der Waals surface area (Å²) in [6.45, 7) is 2.03. The lowest BCUT2D eigenvalue weighted by Crippen LogP contribution is -2.49. The van der Waals surface area contributed by atoms with E-state index < -0.39 is 5.60 Å². The van der Waals surface area contributed by atoms with E-state index in [1.807, 2.05) is 31.2 Å². The van der Waals surface area contributed by atoms with E-state index in [0.717, 1.165) is 30.4 Å². The van der Waals surface area contributed by atoms with E-state index in [1.165, 1.54) is 12.7 Å². The molecule has 158 valence electrons. The average molecular weight is 407 g/mol. The molecule has 0 bridgehead atoms. The highest BCUT2D eigenvalue weighted by atomic mass is 16.5. The fourth-order valence-corrected chi connectivity index (χ4v) is 5.68. The summed E-state index contributed by atoms with van der Waals surface area (Å²) in [7, 11) is 1.37. The van der Waals surface area contributed by atoms with Crippen molar-refractivity contribution in [3.05, 3.63) is 70.8 Å². The van der Waals surface area contributed by atoms with Gasteiger partial charge in [-0.3, -0.25) is 4.79 Å². The topological polar surface area (TPSA) is 63.6 Å². The minimum Gasteiger partial charge on any atom is -0.465 e. The predicted octanol–water partition coefficient (Wildman–Crippen LogP) is 4.41. The summed E-state index contributed by atoms with van der Waals surface area (Å²) in [6.07, 6.45) is 4.52. The number of hydrogen-bond donors (Lipinski definition) is 1. The van der Waals surface area contributed by atoms with Gasteiger partial charge in [0.25, 0.3) is 0 Å². The first kappa shape index (κ1) is 20.8. The molecule has 1 saturated carbocycles. The first-order chi connectivity index (χ1) is 14.4. The van der Waals surface area contributed by atoms with Gasteiger partial charge in [-0.15, -0.1) is 0 Å². The second-order valence-electron chi connectivity index (χ2n) is 9.08. The minimum atomic E-state index is -0.707. The molecule has 2 aromatic rings. The van der Waals surface area contributed by atoms with Gasteiger partial charge in [-0.1, -0.05) is 43.3 Å². The number of esters is 1. The van der Waals surface area contributed by atoms with Gasteiger partial charge < -0.3 is 9.84 Å². The van der Waals surface area contributed by atoms with Crippen molar-refractivity contribution in [1.82, 2.24) is 0 Å². The van der Waals surface area contributed by atoms with Crippen LogP contribution in [0.3, 0.4) is 0 Å². The van der Waals surface area contributed by atoms with Crippen LogP contribution in [0, 0.1) is 5.92 Å². The molecule has 0 spiro atoms. The summed E-state index contributed by atoms with van der Waals surface area (Å²) < 4.78 is 4.90. The quantitative estimate of drug-likeness (QED) is 0.764. The highest BCUT2D eigenvalue weighted by Crippen LogP contribution is 2.53. The Labute approximate surface area is 178 Å². The Balaban J connectivity index is 1.86.